The molecule has 1 aromatic rings. The molecule has 22 heavy (non-hydrogen) atoms. The number of hydrogen-bond acceptors (Lipinski definition) is 2. The molecule has 1 aromatic carbocycles. The fraction of sp³-hybridized carbons (Fsp3) is 0.562. The molecule has 0 radical (unpaired) electrons. The Kier molecular flexibility index (Phi) is 8.49. The van der Waals surface area contributed by atoms with Gasteiger partial charge in [-0.2, -0.15) is 0 Å². The van der Waals surface area contributed by atoms with Crippen LogP contribution < -0.4 is 5.73 Å². The van der Waals surface area contributed by atoms with Crippen LogP contribution in [0.3, 0.4) is 0 Å². The van der Waals surface area contributed by atoms with Gasteiger partial charge in [-0.1, -0.05) is 36.7 Å². The topological polar surface area (TPSA) is 50.9 Å². The zero-order chi connectivity index (χ0) is 15.2. The molecule has 124 valence electrons. The Hall–Kier alpha value is -0.530. The number of aliphatic imine (C=N–C) groups is 1. The van der Waals surface area contributed by atoms with Gasteiger partial charge in [0.15, 0.2) is 5.96 Å². The van der Waals surface area contributed by atoms with Crippen LogP contribution in [0.5, 0.6) is 0 Å². The van der Waals surface area contributed by atoms with Crippen molar-refractivity contribution in [2.75, 3.05) is 26.7 Å². The van der Waals surface area contributed by atoms with E-state index in [0.717, 1.165) is 18.7 Å². The lowest BCUT2D eigenvalue weighted by Crippen LogP contribution is -2.43. The maximum atomic E-state index is 6.21. The molecule has 0 spiro atoms. The second kappa shape index (κ2) is 9.57. The smallest absolute Gasteiger partial charge is 0.191 e. The summed E-state index contributed by atoms with van der Waals surface area (Å²) in [5.41, 5.74) is 7.07. The number of hydrogen-bond donors (Lipinski definition) is 1. The minimum Gasteiger partial charge on any atom is -0.375 e. The summed E-state index contributed by atoms with van der Waals surface area (Å²) < 4.78 is 5.51. The SMILES string of the molecule is COC(CN=C(N)N1CCCC(C)C1)c1ccccc1Cl.I. The third-order valence-corrected chi connectivity index (χ3v) is 4.28. The summed E-state index contributed by atoms with van der Waals surface area (Å²) in [5, 5.41) is 0.699. The third-order valence-electron chi connectivity index (χ3n) is 3.94. The zero-order valence-electron chi connectivity index (χ0n) is 13.2. The largest absolute Gasteiger partial charge is 0.375 e. The predicted molar refractivity (Wildman–Crippen MR) is 103 cm³/mol. The number of methoxy groups -OCH3 is 1. The van der Waals surface area contributed by atoms with E-state index in [1.807, 2.05) is 24.3 Å². The van der Waals surface area contributed by atoms with E-state index in [0.29, 0.717) is 23.4 Å². The predicted octanol–water partition coefficient (Wildman–Crippen LogP) is 3.69. The van der Waals surface area contributed by atoms with Gasteiger partial charge in [0.2, 0.25) is 0 Å². The van der Waals surface area contributed by atoms with E-state index in [1.54, 1.807) is 7.11 Å². The van der Waals surface area contributed by atoms with Crippen LogP contribution in [0.2, 0.25) is 5.02 Å². The van der Waals surface area contributed by atoms with Gasteiger partial charge < -0.3 is 15.4 Å². The normalized spacial score (nSPS) is 20.4. The molecule has 0 saturated carbocycles. The molecule has 2 rings (SSSR count). The van der Waals surface area contributed by atoms with Crippen LogP contribution >= 0.6 is 35.6 Å². The molecule has 0 amide bonds. The van der Waals surface area contributed by atoms with E-state index < -0.39 is 0 Å². The second-order valence-corrected chi connectivity index (χ2v) is 6.05. The molecule has 2 N–H and O–H groups in total. The van der Waals surface area contributed by atoms with Crippen molar-refractivity contribution >= 4 is 41.5 Å². The molecule has 0 bridgehead atoms. The van der Waals surface area contributed by atoms with Gasteiger partial charge in [-0.25, -0.2) is 0 Å². The summed E-state index contributed by atoms with van der Waals surface area (Å²) in [6.07, 6.45) is 2.28. The number of halogens is 2. The van der Waals surface area contributed by atoms with E-state index in [2.05, 4.69) is 16.8 Å². The zero-order valence-corrected chi connectivity index (χ0v) is 16.3. The van der Waals surface area contributed by atoms with Gasteiger partial charge in [-0.05, 0) is 24.8 Å². The Labute approximate surface area is 155 Å². The van der Waals surface area contributed by atoms with Crippen molar-refractivity contribution in [2.24, 2.45) is 16.6 Å². The molecule has 1 heterocycles. The Bertz CT molecular complexity index is 498. The number of piperidine rings is 1. The summed E-state index contributed by atoms with van der Waals surface area (Å²) in [6.45, 7) is 4.71. The Morgan fingerprint density at radius 3 is 2.86 bits per heavy atom. The number of nitrogens with zero attached hydrogens (tertiary/aromatic N) is 2. The van der Waals surface area contributed by atoms with Gasteiger partial charge in [0.1, 0.15) is 6.10 Å². The number of guanidine groups is 1. The lowest BCUT2D eigenvalue weighted by atomic mass is 10.0. The maximum absolute atomic E-state index is 6.21. The summed E-state index contributed by atoms with van der Waals surface area (Å²) in [5.74, 6) is 1.28. The first kappa shape index (κ1) is 19.5. The average molecular weight is 438 g/mol. The van der Waals surface area contributed by atoms with Crippen molar-refractivity contribution < 1.29 is 4.74 Å². The first-order valence-corrected chi connectivity index (χ1v) is 7.81. The highest BCUT2D eigenvalue weighted by molar-refractivity contribution is 14.0. The van der Waals surface area contributed by atoms with Crippen LogP contribution in [0, 0.1) is 5.92 Å². The highest BCUT2D eigenvalue weighted by Gasteiger charge is 2.19. The van der Waals surface area contributed by atoms with Gasteiger partial charge in [-0.3, -0.25) is 4.99 Å². The molecule has 0 aliphatic carbocycles. The highest BCUT2D eigenvalue weighted by Crippen LogP contribution is 2.25. The molecule has 1 fully saturated rings. The quantitative estimate of drug-likeness (QED) is 0.444. The minimum absolute atomic E-state index is 0. The number of likely N-dealkylation sites (tertiary alicyclic amines) is 1. The number of rotatable bonds is 4. The molecule has 1 aliphatic rings. The van der Waals surface area contributed by atoms with E-state index in [1.165, 1.54) is 12.8 Å². The van der Waals surface area contributed by atoms with Crippen molar-refractivity contribution in [1.82, 2.24) is 4.90 Å². The molecule has 1 saturated heterocycles. The fourth-order valence-corrected chi connectivity index (χ4v) is 2.97. The minimum atomic E-state index is -0.167. The summed E-state index contributed by atoms with van der Waals surface area (Å²) in [4.78, 5) is 6.67. The highest BCUT2D eigenvalue weighted by atomic mass is 127. The number of nitrogens with two attached hydrogens (primary N) is 1. The van der Waals surface area contributed by atoms with E-state index in [-0.39, 0.29) is 30.1 Å². The van der Waals surface area contributed by atoms with Crippen molar-refractivity contribution in [3.63, 3.8) is 0 Å². The average Bonchev–Trinajstić information content (AvgIpc) is 2.49. The summed E-state index contributed by atoms with van der Waals surface area (Å²) >= 11 is 6.21. The first-order valence-electron chi connectivity index (χ1n) is 7.44. The molecule has 2 atom stereocenters. The van der Waals surface area contributed by atoms with Crippen LogP contribution in [-0.4, -0.2) is 37.6 Å². The molecule has 2 unspecified atom stereocenters. The van der Waals surface area contributed by atoms with Crippen LogP contribution in [0.15, 0.2) is 29.3 Å². The van der Waals surface area contributed by atoms with Gasteiger partial charge in [0.05, 0.1) is 6.54 Å². The van der Waals surface area contributed by atoms with Crippen LogP contribution in [0.4, 0.5) is 0 Å². The van der Waals surface area contributed by atoms with Crippen LogP contribution in [0.25, 0.3) is 0 Å². The summed E-state index contributed by atoms with van der Waals surface area (Å²) in [7, 11) is 1.67. The van der Waals surface area contributed by atoms with E-state index in [4.69, 9.17) is 22.1 Å². The number of ether oxygens (including phenoxy) is 1. The Balaban J connectivity index is 0.00000242. The van der Waals surface area contributed by atoms with Crippen LogP contribution in [0.1, 0.15) is 31.4 Å². The first-order chi connectivity index (χ1) is 10.1. The van der Waals surface area contributed by atoms with Gasteiger partial charge >= 0.3 is 0 Å². The van der Waals surface area contributed by atoms with Gasteiger partial charge in [0, 0.05) is 30.8 Å². The monoisotopic (exact) mass is 437 g/mol. The van der Waals surface area contributed by atoms with Gasteiger partial charge in [-0.15, -0.1) is 24.0 Å². The molecular formula is C16H25ClIN3O. The summed E-state index contributed by atoms with van der Waals surface area (Å²) in [6, 6.07) is 7.69. The third kappa shape index (κ3) is 5.28. The van der Waals surface area contributed by atoms with E-state index in [9.17, 15) is 0 Å². The Morgan fingerprint density at radius 1 is 1.50 bits per heavy atom. The molecule has 0 aromatic heterocycles. The fourth-order valence-electron chi connectivity index (χ4n) is 2.71. The van der Waals surface area contributed by atoms with Crippen molar-refractivity contribution in [2.45, 2.75) is 25.9 Å². The molecule has 4 nitrogen and oxygen atoms in total. The lowest BCUT2D eigenvalue weighted by molar-refractivity contribution is 0.110. The molecule has 1 aliphatic heterocycles. The molecule has 6 heteroatoms. The van der Waals surface area contributed by atoms with Crippen molar-refractivity contribution in [1.29, 1.82) is 0 Å². The standard InChI is InChI=1S/C16H24ClN3O.HI/c1-12-6-5-9-20(11-12)16(18)19-10-15(21-2)13-7-3-4-8-14(13)17;/h3-4,7-8,12,15H,5-6,9-11H2,1-2H3,(H2,18,19);1H. The van der Waals surface area contributed by atoms with Gasteiger partial charge in [0.25, 0.3) is 0 Å². The lowest BCUT2D eigenvalue weighted by Gasteiger charge is -2.31. The van der Waals surface area contributed by atoms with E-state index >= 15 is 0 Å². The Morgan fingerprint density at radius 2 is 2.23 bits per heavy atom. The second-order valence-electron chi connectivity index (χ2n) is 5.64. The maximum Gasteiger partial charge on any atom is 0.191 e. The number of benzene rings is 1. The molecular weight excluding hydrogens is 413 g/mol. The van der Waals surface area contributed by atoms with Crippen molar-refractivity contribution in [3.05, 3.63) is 34.9 Å². The van der Waals surface area contributed by atoms with Crippen molar-refractivity contribution in [3.8, 4) is 0 Å². The van der Waals surface area contributed by atoms with Crippen LogP contribution in [-0.2, 0) is 4.74 Å².